The van der Waals surface area contributed by atoms with Crippen LogP contribution in [0.25, 0.3) is 10.2 Å². The van der Waals surface area contributed by atoms with Crippen molar-refractivity contribution in [3.8, 4) is 0 Å². The highest BCUT2D eigenvalue weighted by Gasteiger charge is 2.32. The number of aryl methyl sites for hydroxylation is 1. The Hall–Kier alpha value is -1.89. The zero-order valence-corrected chi connectivity index (χ0v) is 13.7. The van der Waals surface area contributed by atoms with Crippen molar-refractivity contribution in [3.63, 3.8) is 0 Å². The van der Waals surface area contributed by atoms with Gasteiger partial charge >= 0.3 is 5.97 Å². The lowest BCUT2D eigenvalue weighted by molar-refractivity contribution is -0.141. The van der Waals surface area contributed by atoms with Crippen LogP contribution < -0.4 is 0 Å². The molecule has 0 spiro atoms. The number of carboxylic acids is 1. The SMILES string of the molecule is CC(C)c1nn(C)c2sc(C(=O)N3CCC(C(=O)O)C3)cc12. The van der Waals surface area contributed by atoms with Gasteiger partial charge in [-0.3, -0.25) is 14.3 Å². The molecule has 1 amide bonds. The minimum absolute atomic E-state index is 0.0698. The number of hydrogen-bond acceptors (Lipinski definition) is 4. The summed E-state index contributed by atoms with van der Waals surface area (Å²) >= 11 is 1.43. The third kappa shape index (κ3) is 2.39. The van der Waals surface area contributed by atoms with Crippen molar-refractivity contribution >= 4 is 33.4 Å². The molecule has 0 saturated carbocycles. The van der Waals surface area contributed by atoms with Crippen LogP contribution in [0.1, 0.15) is 41.6 Å². The predicted molar refractivity (Wildman–Crippen MR) is 84.3 cm³/mol. The molecule has 0 aliphatic carbocycles. The van der Waals surface area contributed by atoms with Gasteiger partial charge in [-0.1, -0.05) is 13.8 Å². The lowest BCUT2D eigenvalue weighted by Gasteiger charge is -2.14. The maximum atomic E-state index is 12.6. The number of aliphatic carboxylic acids is 1. The van der Waals surface area contributed by atoms with Gasteiger partial charge in [0.15, 0.2) is 0 Å². The van der Waals surface area contributed by atoms with E-state index in [1.807, 2.05) is 17.8 Å². The summed E-state index contributed by atoms with van der Waals surface area (Å²) in [7, 11) is 1.88. The second-order valence-electron chi connectivity index (χ2n) is 6.07. The van der Waals surface area contributed by atoms with E-state index in [-0.39, 0.29) is 5.91 Å². The zero-order valence-electron chi connectivity index (χ0n) is 12.9. The summed E-state index contributed by atoms with van der Waals surface area (Å²) in [5.41, 5.74) is 0.998. The van der Waals surface area contributed by atoms with E-state index in [1.165, 1.54) is 11.3 Å². The van der Waals surface area contributed by atoms with E-state index < -0.39 is 11.9 Å². The largest absolute Gasteiger partial charge is 0.481 e. The predicted octanol–water partition coefficient (Wildman–Crippen LogP) is 2.30. The van der Waals surface area contributed by atoms with Crippen LogP contribution in [0.5, 0.6) is 0 Å². The quantitative estimate of drug-likeness (QED) is 0.941. The van der Waals surface area contributed by atoms with Crippen molar-refractivity contribution in [2.45, 2.75) is 26.2 Å². The average molecular weight is 321 g/mol. The molecule has 3 rings (SSSR count). The van der Waals surface area contributed by atoms with Gasteiger partial charge in [0.1, 0.15) is 4.83 Å². The van der Waals surface area contributed by atoms with Gasteiger partial charge in [-0.25, -0.2) is 0 Å². The van der Waals surface area contributed by atoms with Crippen molar-refractivity contribution in [3.05, 3.63) is 16.6 Å². The Morgan fingerprint density at radius 3 is 2.77 bits per heavy atom. The Morgan fingerprint density at radius 2 is 2.18 bits per heavy atom. The van der Waals surface area contributed by atoms with Gasteiger partial charge < -0.3 is 10.0 Å². The van der Waals surface area contributed by atoms with Gasteiger partial charge in [0, 0.05) is 25.5 Å². The molecule has 0 bridgehead atoms. The molecule has 3 heterocycles. The maximum Gasteiger partial charge on any atom is 0.308 e. The van der Waals surface area contributed by atoms with Crippen LogP contribution in [0.4, 0.5) is 0 Å². The molecular weight excluding hydrogens is 302 g/mol. The van der Waals surface area contributed by atoms with Crippen LogP contribution in [0, 0.1) is 5.92 Å². The van der Waals surface area contributed by atoms with Crippen molar-refractivity contribution in [2.75, 3.05) is 13.1 Å². The molecule has 118 valence electrons. The average Bonchev–Trinajstić information content (AvgIpc) is 3.14. The van der Waals surface area contributed by atoms with E-state index in [0.717, 1.165) is 15.9 Å². The first-order valence-corrected chi connectivity index (χ1v) is 8.18. The highest BCUT2D eigenvalue weighted by Crippen LogP contribution is 2.32. The van der Waals surface area contributed by atoms with Gasteiger partial charge in [0.25, 0.3) is 5.91 Å². The number of likely N-dealkylation sites (tertiary alicyclic amines) is 1. The molecular formula is C15H19N3O3S. The Morgan fingerprint density at radius 1 is 1.45 bits per heavy atom. The third-order valence-corrected chi connectivity index (χ3v) is 5.31. The van der Waals surface area contributed by atoms with Crippen LogP contribution in [0.15, 0.2) is 6.07 Å². The minimum atomic E-state index is -0.821. The van der Waals surface area contributed by atoms with E-state index in [4.69, 9.17) is 5.11 Å². The molecule has 1 unspecified atom stereocenters. The first-order chi connectivity index (χ1) is 10.4. The van der Waals surface area contributed by atoms with Gasteiger partial charge in [-0.2, -0.15) is 5.10 Å². The normalized spacial score (nSPS) is 18.5. The Bertz CT molecular complexity index is 747. The van der Waals surface area contributed by atoms with Crippen LogP contribution in [0.2, 0.25) is 0 Å². The Balaban J connectivity index is 1.89. The second-order valence-corrected chi connectivity index (χ2v) is 7.10. The highest BCUT2D eigenvalue weighted by molar-refractivity contribution is 7.20. The number of aromatic nitrogens is 2. The second kappa shape index (κ2) is 5.39. The summed E-state index contributed by atoms with van der Waals surface area (Å²) in [6.45, 7) is 4.98. The molecule has 0 radical (unpaired) electrons. The number of fused-ring (bicyclic) bond motifs is 1. The van der Waals surface area contributed by atoms with Crippen LogP contribution >= 0.6 is 11.3 Å². The molecule has 1 aliphatic heterocycles. The van der Waals surface area contributed by atoms with Crippen molar-refractivity contribution < 1.29 is 14.7 Å². The van der Waals surface area contributed by atoms with Crippen molar-refractivity contribution in [1.82, 2.24) is 14.7 Å². The summed E-state index contributed by atoms with van der Waals surface area (Å²) < 4.78 is 1.82. The summed E-state index contributed by atoms with van der Waals surface area (Å²) in [5, 5.41) is 14.6. The van der Waals surface area contributed by atoms with E-state index in [1.54, 1.807) is 4.90 Å². The van der Waals surface area contributed by atoms with Crippen LogP contribution in [-0.2, 0) is 11.8 Å². The topological polar surface area (TPSA) is 75.4 Å². The number of rotatable bonds is 3. The smallest absolute Gasteiger partial charge is 0.308 e. The molecule has 0 aromatic carbocycles. The number of amides is 1. The van der Waals surface area contributed by atoms with Crippen LogP contribution in [-0.4, -0.2) is 44.8 Å². The number of nitrogens with zero attached hydrogens (tertiary/aromatic N) is 3. The molecule has 6 nitrogen and oxygen atoms in total. The van der Waals surface area contributed by atoms with Crippen molar-refractivity contribution in [1.29, 1.82) is 0 Å². The minimum Gasteiger partial charge on any atom is -0.481 e. The summed E-state index contributed by atoms with van der Waals surface area (Å²) in [6.07, 6.45) is 0.533. The zero-order chi connectivity index (χ0) is 16.0. The molecule has 1 atom stereocenters. The molecule has 1 saturated heterocycles. The molecule has 2 aromatic rings. The number of thiophene rings is 1. The summed E-state index contributed by atoms with van der Waals surface area (Å²) in [6, 6.07) is 1.90. The maximum absolute atomic E-state index is 12.6. The molecule has 1 fully saturated rings. The fourth-order valence-electron chi connectivity index (χ4n) is 2.90. The summed E-state index contributed by atoms with van der Waals surface area (Å²) in [4.78, 5) is 26.9. The van der Waals surface area contributed by atoms with Gasteiger partial charge in [-0.05, 0) is 18.4 Å². The van der Waals surface area contributed by atoms with E-state index >= 15 is 0 Å². The van der Waals surface area contributed by atoms with E-state index in [9.17, 15) is 9.59 Å². The van der Waals surface area contributed by atoms with Gasteiger partial charge in [-0.15, -0.1) is 11.3 Å². The van der Waals surface area contributed by atoms with Gasteiger partial charge in [0.05, 0.1) is 16.5 Å². The van der Waals surface area contributed by atoms with Crippen LogP contribution in [0.3, 0.4) is 0 Å². The Labute approximate surface area is 132 Å². The molecule has 7 heteroatoms. The standard InChI is InChI=1S/C15H19N3O3S/c1-8(2)12-10-6-11(22-14(10)17(3)16-12)13(19)18-5-4-9(7-18)15(20)21/h6,8-9H,4-5,7H2,1-3H3,(H,20,21). The fourth-order valence-corrected chi connectivity index (χ4v) is 3.95. The van der Waals surface area contributed by atoms with Crippen molar-refractivity contribution in [2.24, 2.45) is 13.0 Å². The molecule has 22 heavy (non-hydrogen) atoms. The number of carboxylic acid groups (broad SMARTS) is 1. The number of carbonyl (C=O) groups is 2. The lowest BCUT2D eigenvalue weighted by atomic mass is 10.1. The Kier molecular flexibility index (Phi) is 3.68. The molecule has 2 aromatic heterocycles. The van der Waals surface area contributed by atoms with E-state index in [0.29, 0.717) is 30.3 Å². The van der Waals surface area contributed by atoms with Gasteiger partial charge in [0.2, 0.25) is 0 Å². The fraction of sp³-hybridized carbons (Fsp3) is 0.533. The lowest BCUT2D eigenvalue weighted by Crippen LogP contribution is -2.29. The van der Waals surface area contributed by atoms with E-state index in [2.05, 4.69) is 18.9 Å². The first kappa shape index (κ1) is 15.0. The third-order valence-electron chi connectivity index (χ3n) is 4.12. The number of carbonyl (C=O) groups excluding carboxylic acids is 1. The molecule has 1 aliphatic rings. The molecule has 1 N–H and O–H groups in total. The number of hydrogen-bond donors (Lipinski definition) is 1. The summed E-state index contributed by atoms with van der Waals surface area (Å²) in [5.74, 6) is -1.03. The highest BCUT2D eigenvalue weighted by atomic mass is 32.1. The monoisotopic (exact) mass is 321 g/mol. The first-order valence-electron chi connectivity index (χ1n) is 7.37.